The first-order valence-corrected chi connectivity index (χ1v) is 6.67. The van der Waals surface area contributed by atoms with Crippen LogP contribution in [0.4, 0.5) is 0 Å². The summed E-state index contributed by atoms with van der Waals surface area (Å²) in [5, 5.41) is 0. The van der Waals surface area contributed by atoms with Gasteiger partial charge in [0.2, 0.25) is 0 Å². The maximum atomic E-state index is 12.5. The predicted molar refractivity (Wildman–Crippen MR) is 74.1 cm³/mol. The molecule has 1 heterocycles. The van der Waals surface area contributed by atoms with Crippen molar-refractivity contribution in [3.8, 4) is 11.5 Å². The second kappa shape index (κ2) is 6.06. The molecule has 0 unspecified atom stereocenters. The molecule has 1 aliphatic rings. The van der Waals surface area contributed by atoms with E-state index in [2.05, 4.69) is 4.90 Å². The summed E-state index contributed by atoms with van der Waals surface area (Å²) in [6, 6.07) is 5.27. The van der Waals surface area contributed by atoms with Crippen molar-refractivity contribution in [1.29, 1.82) is 0 Å². The van der Waals surface area contributed by atoms with Crippen molar-refractivity contribution < 1.29 is 14.3 Å². The smallest absolute Gasteiger partial charge is 0.179 e. The first-order chi connectivity index (χ1) is 9.17. The third-order valence-corrected chi connectivity index (χ3v) is 3.74. The number of carbonyl (C=O) groups excluding carboxylic acids is 1. The second-order valence-corrected chi connectivity index (χ2v) is 4.85. The molecule has 4 nitrogen and oxygen atoms in total. The van der Waals surface area contributed by atoms with Gasteiger partial charge in [-0.15, -0.1) is 0 Å². The molecule has 1 aromatic carbocycles. The van der Waals surface area contributed by atoms with E-state index in [-0.39, 0.29) is 11.8 Å². The number of benzene rings is 1. The Bertz CT molecular complexity index is 453. The summed E-state index contributed by atoms with van der Waals surface area (Å²) < 4.78 is 10.4. The molecular formula is C15H21NO3. The van der Waals surface area contributed by atoms with Crippen molar-refractivity contribution in [3.63, 3.8) is 0 Å². The number of rotatable bonds is 5. The summed E-state index contributed by atoms with van der Waals surface area (Å²) in [6.45, 7) is 4.00. The Hall–Kier alpha value is -1.55. The van der Waals surface area contributed by atoms with Gasteiger partial charge in [0.05, 0.1) is 20.3 Å². The number of carbonyl (C=O) groups is 1. The van der Waals surface area contributed by atoms with Crippen molar-refractivity contribution in [2.24, 2.45) is 0 Å². The van der Waals surface area contributed by atoms with Gasteiger partial charge in [0, 0.05) is 5.56 Å². The van der Waals surface area contributed by atoms with Crippen LogP contribution >= 0.6 is 0 Å². The van der Waals surface area contributed by atoms with Crippen LogP contribution in [-0.2, 0) is 0 Å². The van der Waals surface area contributed by atoms with E-state index in [9.17, 15) is 4.79 Å². The summed E-state index contributed by atoms with van der Waals surface area (Å²) in [6.07, 6.45) is 2.37. The first-order valence-electron chi connectivity index (χ1n) is 6.67. The molecule has 0 radical (unpaired) electrons. The number of ether oxygens (including phenoxy) is 2. The molecule has 0 aliphatic carbocycles. The molecule has 1 aromatic rings. The average molecular weight is 263 g/mol. The Kier molecular flexibility index (Phi) is 4.43. The topological polar surface area (TPSA) is 38.8 Å². The highest BCUT2D eigenvalue weighted by Gasteiger charge is 2.25. The Morgan fingerprint density at radius 3 is 2.37 bits per heavy atom. The fourth-order valence-electron chi connectivity index (χ4n) is 2.53. The minimum absolute atomic E-state index is 0.0689. The number of ketones is 1. The third kappa shape index (κ3) is 2.89. The highest BCUT2D eigenvalue weighted by molar-refractivity contribution is 6.00. The van der Waals surface area contributed by atoms with Crippen LogP contribution in [0.1, 0.15) is 30.1 Å². The SMILES string of the molecule is COc1ccc(C(=O)[C@@H](C)N2CCCC2)cc1OC. The van der Waals surface area contributed by atoms with Crippen molar-refractivity contribution in [3.05, 3.63) is 23.8 Å². The zero-order valence-corrected chi connectivity index (χ0v) is 11.8. The Balaban J connectivity index is 2.18. The van der Waals surface area contributed by atoms with Crippen molar-refractivity contribution in [2.75, 3.05) is 27.3 Å². The number of methoxy groups -OCH3 is 2. The monoisotopic (exact) mass is 263 g/mol. The van der Waals surface area contributed by atoms with E-state index in [1.165, 1.54) is 12.8 Å². The number of likely N-dealkylation sites (tertiary alicyclic amines) is 1. The quantitative estimate of drug-likeness (QED) is 0.765. The molecule has 0 N–H and O–H groups in total. The molecule has 1 aliphatic heterocycles. The van der Waals surface area contributed by atoms with Crippen molar-refractivity contribution in [2.45, 2.75) is 25.8 Å². The lowest BCUT2D eigenvalue weighted by Gasteiger charge is -2.22. The van der Waals surface area contributed by atoms with Crippen LogP contribution in [-0.4, -0.2) is 44.0 Å². The van der Waals surface area contributed by atoms with Crippen LogP contribution in [0.25, 0.3) is 0 Å². The normalized spacial score (nSPS) is 17.2. The Morgan fingerprint density at radius 1 is 1.16 bits per heavy atom. The highest BCUT2D eigenvalue weighted by Crippen LogP contribution is 2.28. The average Bonchev–Trinajstić information content (AvgIpc) is 2.99. The third-order valence-electron chi connectivity index (χ3n) is 3.74. The maximum absolute atomic E-state index is 12.5. The second-order valence-electron chi connectivity index (χ2n) is 4.85. The van der Waals surface area contributed by atoms with E-state index in [1.54, 1.807) is 32.4 Å². The fourth-order valence-corrected chi connectivity index (χ4v) is 2.53. The summed E-state index contributed by atoms with van der Waals surface area (Å²) in [4.78, 5) is 14.7. The molecule has 0 saturated carbocycles. The van der Waals surface area contributed by atoms with Gasteiger partial charge in [0.25, 0.3) is 0 Å². The molecule has 2 rings (SSSR count). The molecule has 1 saturated heterocycles. The molecule has 0 spiro atoms. The molecule has 0 aromatic heterocycles. The maximum Gasteiger partial charge on any atom is 0.179 e. The van der Waals surface area contributed by atoms with Gasteiger partial charge in [-0.05, 0) is 51.1 Å². The lowest BCUT2D eigenvalue weighted by Crippen LogP contribution is -2.36. The van der Waals surface area contributed by atoms with Crippen molar-refractivity contribution in [1.82, 2.24) is 4.90 Å². The highest BCUT2D eigenvalue weighted by atomic mass is 16.5. The van der Waals surface area contributed by atoms with Crippen LogP contribution in [0.2, 0.25) is 0 Å². The predicted octanol–water partition coefficient (Wildman–Crippen LogP) is 2.37. The lowest BCUT2D eigenvalue weighted by molar-refractivity contribution is 0.0866. The molecule has 4 heteroatoms. The van der Waals surface area contributed by atoms with Gasteiger partial charge < -0.3 is 9.47 Å². The van der Waals surface area contributed by atoms with E-state index in [0.29, 0.717) is 17.1 Å². The van der Waals surface area contributed by atoms with Crippen LogP contribution in [0.3, 0.4) is 0 Å². The van der Waals surface area contributed by atoms with Gasteiger partial charge in [-0.25, -0.2) is 0 Å². The summed E-state index contributed by atoms with van der Waals surface area (Å²) in [7, 11) is 3.17. The molecule has 104 valence electrons. The van der Waals surface area contributed by atoms with E-state index in [4.69, 9.17) is 9.47 Å². The molecule has 0 amide bonds. The molecule has 1 atom stereocenters. The van der Waals surface area contributed by atoms with Crippen LogP contribution in [0, 0.1) is 0 Å². The van der Waals surface area contributed by atoms with Gasteiger partial charge in [-0.2, -0.15) is 0 Å². The van der Waals surface area contributed by atoms with E-state index in [0.717, 1.165) is 13.1 Å². The van der Waals surface area contributed by atoms with E-state index in [1.807, 2.05) is 6.92 Å². The lowest BCUT2D eigenvalue weighted by atomic mass is 10.0. The molecule has 0 bridgehead atoms. The standard InChI is InChI=1S/C15H21NO3/c1-11(16-8-4-5-9-16)15(17)12-6-7-13(18-2)14(10-12)19-3/h6-7,10-11H,4-5,8-9H2,1-3H3/t11-/m1/s1. The molecular weight excluding hydrogens is 242 g/mol. The zero-order valence-electron chi connectivity index (χ0n) is 11.8. The van der Waals surface area contributed by atoms with E-state index >= 15 is 0 Å². The van der Waals surface area contributed by atoms with Crippen LogP contribution < -0.4 is 9.47 Å². The minimum Gasteiger partial charge on any atom is -0.493 e. The summed E-state index contributed by atoms with van der Waals surface area (Å²) in [5.74, 6) is 1.39. The summed E-state index contributed by atoms with van der Waals surface area (Å²) in [5.41, 5.74) is 0.678. The van der Waals surface area contributed by atoms with Gasteiger partial charge in [0.1, 0.15) is 0 Å². The largest absolute Gasteiger partial charge is 0.493 e. The Morgan fingerprint density at radius 2 is 1.79 bits per heavy atom. The van der Waals surface area contributed by atoms with Gasteiger partial charge in [-0.3, -0.25) is 9.69 Å². The minimum atomic E-state index is -0.0689. The number of Topliss-reactive ketones (excluding diaryl/α,β-unsaturated/α-hetero) is 1. The van der Waals surface area contributed by atoms with Gasteiger partial charge in [-0.1, -0.05) is 0 Å². The van der Waals surface area contributed by atoms with Gasteiger partial charge >= 0.3 is 0 Å². The summed E-state index contributed by atoms with van der Waals surface area (Å²) >= 11 is 0. The van der Waals surface area contributed by atoms with E-state index < -0.39 is 0 Å². The zero-order chi connectivity index (χ0) is 13.8. The Labute approximate surface area is 114 Å². The van der Waals surface area contributed by atoms with Crippen molar-refractivity contribution >= 4 is 5.78 Å². The van der Waals surface area contributed by atoms with Crippen LogP contribution in [0.5, 0.6) is 11.5 Å². The number of hydrogen-bond acceptors (Lipinski definition) is 4. The molecule has 19 heavy (non-hydrogen) atoms. The molecule has 1 fully saturated rings. The fraction of sp³-hybridized carbons (Fsp3) is 0.533. The first kappa shape index (κ1) is 13.9. The van der Waals surface area contributed by atoms with Gasteiger partial charge in [0.15, 0.2) is 17.3 Å². The number of hydrogen-bond donors (Lipinski definition) is 0. The van der Waals surface area contributed by atoms with Crippen LogP contribution in [0.15, 0.2) is 18.2 Å². The number of nitrogens with zero attached hydrogens (tertiary/aromatic N) is 1.